The van der Waals surface area contributed by atoms with E-state index in [-0.39, 0.29) is 23.8 Å². The Hall–Kier alpha value is -2.80. The van der Waals surface area contributed by atoms with Crippen molar-refractivity contribution in [1.82, 2.24) is 9.55 Å². The maximum absolute atomic E-state index is 11.7. The van der Waals surface area contributed by atoms with Crippen LogP contribution in [0.3, 0.4) is 0 Å². The van der Waals surface area contributed by atoms with E-state index in [9.17, 15) is 9.90 Å². The molecule has 1 aliphatic heterocycles. The molecule has 2 heterocycles. The van der Waals surface area contributed by atoms with Crippen LogP contribution in [0, 0.1) is 0 Å². The molecule has 12 heteroatoms. The maximum Gasteiger partial charge on any atom is 0.394 e. The van der Waals surface area contributed by atoms with E-state index < -0.39 is 10.4 Å². The van der Waals surface area contributed by atoms with Crippen LogP contribution in [0.4, 0.5) is 0 Å². The summed E-state index contributed by atoms with van der Waals surface area (Å²) in [6.07, 6.45) is 5.27. The van der Waals surface area contributed by atoms with Crippen molar-refractivity contribution in [1.29, 1.82) is 0 Å². The lowest BCUT2D eigenvalue weighted by Crippen LogP contribution is -2.34. The minimum Gasteiger partial charge on any atom is -0.493 e. The molecule has 1 aliphatic carbocycles. The van der Waals surface area contributed by atoms with Crippen LogP contribution in [-0.4, -0.2) is 63.8 Å². The average molecular weight is 482 g/mol. The van der Waals surface area contributed by atoms with Gasteiger partial charge in [-0.05, 0) is 43.9 Å². The third-order valence-corrected chi connectivity index (χ3v) is 5.59. The van der Waals surface area contributed by atoms with Gasteiger partial charge in [0, 0.05) is 36.5 Å². The van der Waals surface area contributed by atoms with Crippen molar-refractivity contribution in [3.8, 4) is 11.5 Å². The minimum atomic E-state index is -4.67. The van der Waals surface area contributed by atoms with Crippen LogP contribution in [0.2, 0.25) is 0 Å². The quantitative estimate of drug-likeness (QED) is 0.548. The number of aliphatic hydroxyl groups is 1. The normalized spacial score (nSPS) is 21.6. The van der Waals surface area contributed by atoms with Gasteiger partial charge >= 0.3 is 16.1 Å². The van der Waals surface area contributed by atoms with E-state index in [1.54, 1.807) is 26.6 Å². The summed E-state index contributed by atoms with van der Waals surface area (Å²) < 4.78 is 44.4. The maximum atomic E-state index is 11.7. The van der Waals surface area contributed by atoms with E-state index in [1.807, 2.05) is 19.1 Å². The molecule has 11 nitrogen and oxygen atoms in total. The monoisotopic (exact) mass is 481 g/mol. The van der Waals surface area contributed by atoms with Crippen LogP contribution >= 0.6 is 0 Å². The largest absolute Gasteiger partial charge is 0.493 e. The summed E-state index contributed by atoms with van der Waals surface area (Å²) in [5.41, 5.74) is 3.34. The number of hydrogen-bond donors (Lipinski definition) is 3. The number of rotatable bonds is 4. The second kappa shape index (κ2) is 10.00. The van der Waals surface area contributed by atoms with Crippen molar-refractivity contribution in [2.75, 3.05) is 13.7 Å². The molecule has 2 aliphatic rings. The lowest BCUT2D eigenvalue weighted by Gasteiger charge is -2.37. The van der Waals surface area contributed by atoms with E-state index in [0.29, 0.717) is 24.5 Å². The van der Waals surface area contributed by atoms with Crippen molar-refractivity contribution >= 4 is 16.1 Å². The van der Waals surface area contributed by atoms with Crippen molar-refractivity contribution < 1.29 is 32.1 Å². The second-order valence-electron chi connectivity index (χ2n) is 7.83. The molecular weight excluding hydrogens is 454 g/mol. The highest BCUT2D eigenvalue weighted by Crippen LogP contribution is 2.44. The zero-order valence-corrected chi connectivity index (χ0v) is 19.3. The summed E-state index contributed by atoms with van der Waals surface area (Å²) in [4.78, 5) is 20.7. The number of aromatic nitrogens is 2. The molecule has 1 fully saturated rings. The van der Waals surface area contributed by atoms with Gasteiger partial charge in [0.1, 0.15) is 0 Å². The van der Waals surface area contributed by atoms with E-state index in [0.717, 1.165) is 35.2 Å². The third-order valence-electron chi connectivity index (χ3n) is 5.59. The molecule has 1 aromatic heterocycles. The Labute approximate surface area is 191 Å². The molecule has 1 aromatic carbocycles. The molecule has 0 saturated heterocycles. The Balaban J connectivity index is 0.000000555. The van der Waals surface area contributed by atoms with E-state index in [2.05, 4.69) is 4.98 Å². The SMILES string of the molecule is CCOc1cc2c(cc1OC)C(c1cnc(=O)n(C)c1)=NC1CCC(O)CC21.O=S(=O)(O)O. The number of fused-ring (bicyclic) bond motifs is 3. The first-order valence-corrected chi connectivity index (χ1v) is 11.7. The number of nitrogens with zero attached hydrogens (tertiary/aromatic N) is 3. The fraction of sp³-hybridized carbons (Fsp3) is 0.476. The lowest BCUT2D eigenvalue weighted by atomic mass is 9.74. The van der Waals surface area contributed by atoms with Crippen LogP contribution < -0.4 is 15.2 Å². The molecule has 3 N–H and O–H groups in total. The van der Waals surface area contributed by atoms with E-state index >= 15 is 0 Å². The molecule has 0 spiro atoms. The number of aliphatic imine (C=N–C) groups is 1. The van der Waals surface area contributed by atoms with Crippen LogP contribution in [0.1, 0.15) is 48.8 Å². The molecular formula is C21H27N3O8S. The van der Waals surface area contributed by atoms with Gasteiger partial charge in [-0.1, -0.05) is 0 Å². The number of aryl methyl sites for hydroxylation is 1. The summed E-state index contributed by atoms with van der Waals surface area (Å²) in [5.74, 6) is 1.47. The van der Waals surface area contributed by atoms with Gasteiger partial charge in [0.15, 0.2) is 11.5 Å². The first kappa shape index (κ1) is 24.8. The van der Waals surface area contributed by atoms with Crippen molar-refractivity contribution in [2.24, 2.45) is 12.0 Å². The number of methoxy groups -OCH3 is 1. The molecule has 4 rings (SSSR count). The Morgan fingerprint density at radius 2 is 1.91 bits per heavy atom. The van der Waals surface area contributed by atoms with Gasteiger partial charge in [0.05, 0.1) is 31.6 Å². The summed E-state index contributed by atoms with van der Waals surface area (Å²) in [5, 5.41) is 10.2. The summed E-state index contributed by atoms with van der Waals surface area (Å²) in [6, 6.07) is 4.06. The Morgan fingerprint density at radius 1 is 1.21 bits per heavy atom. The molecule has 180 valence electrons. The zero-order chi connectivity index (χ0) is 24.3. The zero-order valence-electron chi connectivity index (χ0n) is 18.5. The molecule has 2 aromatic rings. The highest BCUT2D eigenvalue weighted by molar-refractivity contribution is 7.79. The van der Waals surface area contributed by atoms with Gasteiger partial charge in [-0.3, -0.25) is 14.1 Å². The van der Waals surface area contributed by atoms with Gasteiger partial charge in [-0.2, -0.15) is 8.42 Å². The number of aliphatic hydroxyl groups excluding tert-OH is 1. The van der Waals surface area contributed by atoms with Crippen LogP contribution in [0.5, 0.6) is 11.5 Å². The topological polar surface area (TPSA) is 161 Å². The average Bonchev–Trinajstić information content (AvgIpc) is 2.74. The second-order valence-corrected chi connectivity index (χ2v) is 8.72. The van der Waals surface area contributed by atoms with Crippen LogP contribution in [-0.2, 0) is 17.4 Å². The van der Waals surface area contributed by atoms with Gasteiger partial charge in [-0.15, -0.1) is 0 Å². The van der Waals surface area contributed by atoms with Gasteiger partial charge in [0.25, 0.3) is 0 Å². The smallest absolute Gasteiger partial charge is 0.394 e. The highest BCUT2D eigenvalue weighted by atomic mass is 32.3. The fourth-order valence-electron chi connectivity index (χ4n) is 4.24. The Kier molecular flexibility index (Phi) is 7.52. The van der Waals surface area contributed by atoms with Gasteiger partial charge < -0.3 is 19.1 Å². The predicted molar refractivity (Wildman–Crippen MR) is 120 cm³/mol. The number of ether oxygens (including phenoxy) is 2. The van der Waals surface area contributed by atoms with Crippen molar-refractivity contribution in [2.45, 2.75) is 44.2 Å². The Bertz CT molecular complexity index is 1200. The predicted octanol–water partition coefficient (Wildman–Crippen LogP) is 1.38. The molecule has 33 heavy (non-hydrogen) atoms. The molecule has 3 unspecified atom stereocenters. The first-order chi connectivity index (χ1) is 15.5. The van der Waals surface area contributed by atoms with Crippen LogP contribution in [0.25, 0.3) is 0 Å². The molecule has 0 amide bonds. The van der Waals surface area contributed by atoms with Gasteiger partial charge in [-0.25, -0.2) is 9.78 Å². The van der Waals surface area contributed by atoms with E-state index in [1.165, 1.54) is 4.57 Å². The summed E-state index contributed by atoms with van der Waals surface area (Å²) in [6.45, 7) is 2.48. The lowest BCUT2D eigenvalue weighted by molar-refractivity contribution is 0.111. The van der Waals surface area contributed by atoms with E-state index in [4.69, 9.17) is 32.0 Å². The van der Waals surface area contributed by atoms with Gasteiger partial charge in [0.2, 0.25) is 0 Å². The fourth-order valence-corrected chi connectivity index (χ4v) is 4.24. The van der Waals surface area contributed by atoms with Crippen molar-refractivity contribution in [3.05, 3.63) is 51.7 Å². The molecule has 0 bridgehead atoms. The first-order valence-electron chi connectivity index (χ1n) is 10.4. The number of hydrogen-bond acceptors (Lipinski definition) is 8. The summed E-state index contributed by atoms with van der Waals surface area (Å²) >= 11 is 0. The standard InChI is InChI=1S/C21H25N3O4.H2O4S/c1-4-28-19-8-14-15-7-13(25)5-6-17(15)23-20(16(14)9-18(19)27-3)12-10-22-21(26)24(2)11-12;1-5(2,3)4/h8-11,13,15,17,25H,4-7H2,1-3H3;(H2,1,2,3,4). The Morgan fingerprint density at radius 3 is 2.52 bits per heavy atom. The molecule has 1 saturated carbocycles. The molecule has 0 radical (unpaired) electrons. The minimum absolute atomic E-state index is 0.0889. The third kappa shape index (κ3) is 5.96. The highest BCUT2D eigenvalue weighted by Gasteiger charge is 2.37. The van der Waals surface area contributed by atoms with Crippen molar-refractivity contribution in [3.63, 3.8) is 0 Å². The number of benzene rings is 1. The van der Waals surface area contributed by atoms with Crippen LogP contribution in [0.15, 0.2) is 34.3 Å². The molecule has 3 atom stereocenters. The summed E-state index contributed by atoms with van der Waals surface area (Å²) in [7, 11) is -1.37.